The van der Waals surface area contributed by atoms with E-state index in [9.17, 15) is 4.79 Å². The fraction of sp³-hybridized carbons (Fsp3) is 0.538. The molecule has 0 bridgehead atoms. The summed E-state index contributed by atoms with van der Waals surface area (Å²) in [4.78, 5) is 18.0. The van der Waals surface area contributed by atoms with E-state index in [4.69, 9.17) is 10.5 Å². The highest BCUT2D eigenvalue weighted by Gasteiger charge is 2.25. The van der Waals surface area contributed by atoms with E-state index >= 15 is 0 Å². The lowest BCUT2D eigenvalue weighted by atomic mass is 10.1. The third kappa shape index (κ3) is 3.27. The second kappa shape index (κ2) is 6.47. The van der Waals surface area contributed by atoms with Gasteiger partial charge in [0, 0.05) is 31.9 Å². The maximum Gasteiger partial charge on any atom is 0.223 e. The van der Waals surface area contributed by atoms with Crippen molar-refractivity contribution in [2.75, 3.05) is 26.3 Å². The number of pyridine rings is 1. The molecule has 1 saturated heterocycles. The topological polar surface area (TPSA) is 68.5 Å². The van der Waals surface area contributed by atoms with Gasteiger partial charge in [-0.2, -0.15) is 0 Å². The Bertz CT molecular complexity index is 383. The second-order valence-electron chi connectivity index (χ2n) is 4.41. The summed E-state index contributed by atoms with van der Waals surface area (Å²) in [5.41, 5.74) is 6.74. The molecule has 98 valence electrons. The molecule has 1 aromatic heterocycles. The minimum Gasteiger partial charge on any atom is -0.377 e. The van der Waals surface area contributed by atoms with Gasteiger partial charge < -0.3 is 15.4 Å². The fourth-order valence-corrected chi connectivity index (χ4v) is 2.12. The molecule has 5 nitrogen and oxygen atoms in total. The normalized spacial score (nSPS) is 19.8. The summed E-state index contributed by atoms with van der Waals surface area (Å²) in [5.74, 6) is 0.151. The van der Waals surface area contributed by atoms with Gasteiger partial charge in [0.05, 0.1) is 19.3 Å². The van der Waals surface area contributed by atoms with Crippen molar-refractivity contribution in [2.24, 2.45) is 5.73 Å². The predicted molar refractivity (Wildman–Crippen MR) is 67.9 cm³/mol. The first-order valence-corrected chi connectivity index (χ1v) is 6.27. The summed E-state index contributed by atoms with van der Waals surface area (Å²) < 4.78 is 5.33. The van der Waals surface area contributed by atoms with E-state index < -0.39 is 0 Å². The first-order chi connectivity index (χ1) is 8.81. The van der Waals surface area contributed by atoms with Gasteiger partial charge in [-0.05, 0) is 18.1 Å². The summed E-state index contributed by atoms with van der Waals surface area (Å²) in [5, 5.41) is 0. The molecular formula is C13H19N3O2. The maximum atomic E-state index is 12.1. The number of carbonyl (C=O) groups excluding carboxylic acids is 1. The number of rotatable bonds is 4. The van der Waals surface area contributed by atoms with Gasteiger partial charge in [-0.3, -0.25) is 9.78 Å². The molecule has 0 radical (unpaired) electrons. The van der Waals surface area contributed by atoms with Crippen LogP contribution in [0.2, 0.25) is 0 Å². The Labute approximate surface area is 107 Å². The Morgan fingerprint density at radius 3 is 3.22 bits per heavy atom. The average molecular weight is 249 g/mol. The molecule has 1 aromatic rings. The lowest BCUT2D eigenvalue weighted by molar-refractivity contribution is -0.139. The molecular weight excluding hydrogens is 230 g/mol. The Morgan fingerprint density at radius 1 is 1.61 bits per heavy atom. The van der Waals surface area contributed by atoms with Crippen molar-refractivity contribution >= 4 is 5.91 Å². The zero-order valence-electron chi connectivity index (χ0n) is 10.4. The van der Waals surface area contributed by atoms with Crippen molar-refractivity contribution in [2.45, 2.75) is 18.9 Å². The fourth-order valence-electron chi connectivity index (χ4n) is 2.12. The highest BCUT2D eigenvalue weighted by atomic mass is 16.5. The first kappa shape index (κ1) is 13.0. The smallest absolute Gasteiger partial charge is 0.223 e. The van der Waals surface area contributed by atoms with Crippen LogP contribution in [0.25, 0.3) is 0 Å². The van der Waals surface area contributed by atoms with Gasteiger partial charge in [0.2, 0.25) is 5.91 Å². The number of amides is 1. The number of ether oxygens (including phenoxy) is 1. The third-order valence-electron chi connectivity index (χ3n) is 3.17. The van der Waals surface area contributed by atoms with Crippen LogP contribution in [0.3, 0.4) is 0 Å². The van der Waals surface area contributed by atoms with E-state index in [2.05, 4.69) is 4.98 Å². The molecule has 0 spiro atoms. The monoisotopic (exact) mass is 249 g/mol. The predicted octanol–water partition coefficient (Wildman–Crippen LogP) is 0.200. The molecule has 0 saturated carbocycles. The minimum atomic E-state index is 0.0279. The highest BCUT2D eigenvalue weighted by Crippen LogP contribution is 2.10. The Kier molecular flexibility index (Phi) is 4.66. The SMILES string of the molecule is NCC1COCCN1C(=O)CCc1cccnc1. The number of aromatic nitrogens is 1. The van der Waals surface area contributed by atoms with E-state index in [-0.39, 0.29) is 11.9 Å². The lowest BCUT2D eigenvalue weighted by Crippen LogP contribution is -2.52. The van der Waals surface area contributed by atoms with E-state index in [1.165, 1.54) is 0 Å². The molecule has 5 heteroatoms. The minimum absolute atomic E-state index is 0.0279. The molecule has 2 N–H and O–H groups in total. The number of aryl methyl sites for hydroxylation is 1. The van der Waals surface area contributed by atoms with Crippen molar-refractivity contribution in [1.82, 2.24) is 9.88 Å². The molecule has 0 aromatic carbocycles. The molecule has 0 aliphatic carbocycles. The average Bonchev–Trinajstić information content (AvgIpc) is 2.45. The summed E-state index contributed by atoms with van der Waals surface area (Å²) >= 11 is 0. The Hall–Kier alpha value is -1.46. The van der Waals surface area contributed by atoms with Gasteiger partial charge in [-0.25, -0.2) is 0 Å². The molecule has 18 heavy (non-hydrogen) atoms. The van der Waals surface area contributed by atoms with Crippen LogP contribution in [-0.4, -0.2) is 48.1 Å². The second-order valence-corrected chi connectivity index (χ2v) is 4.41. The molecule has 1 aliphatic rings. The highest BCUT2D eigenvalue weighted by molar-refractivity contribution is 5.77. The van der Waals surface area contributed by atoms with Crippen LogP contribution in [0.15, 0.2) is 24.5 Å². The number of morpholine rings is 1. The first-order valence-electron chi connectivity index (χ1n) is 6.27. The summed E-state index contributed by atoms with van der Waals surface area (Å²) in [6.07, 6.45) is 4.76. The van der Waals surface area contributed by atoms with Crippen LogP contribution in [0.1, 0.15) is 12.0 Å². The van der Waals surface area contributed by atoms with Crippen LogP contribution >= 0.6 is 0 Å². The zero-order chi connectivity index (χ0) is 12.8. The number of hydrogen-bond acceptors (Lipinski definition) is 4. The standard InChI is InChI=1S/C13H19N3O2/c14-8-12-10-18-7-6-16(12)13(17)4-3-11-2-1-5-15-9-11/h1-2,5,9,12H,3-4,6-8,10,14H2. The van der Waals surface area contributed by atoms with Crippen LogP contribution < -0.4 is 5.73 Å². The summed E-state index contributed by atoms with van der Waals surface area (Å²) in [6, 6.07) is 3.90. The number of nitrogens with zero attached hydrogens (tertiary/aromatic N) is 2. The summed E-state index contributed by atoms with van der Waals surface area (Å²) in [7, 11) is 0. The van der Waals surface area contributed by atoms with Crippen LogP contribution in [0, 0.1) is 0 Å². The lowest BCUT2D eigenvalue weighted by Gasteiger charge is -2.35. The van der Waals surface area contributed by atoms with Gasteiger partial charge in [-0.1, -0.05) is 6.07 Å². The Balaban J connectivity index is 1.87. The number of hydrogen-bond donors (Lipinski definition) is 1. The van der Waals surface area contributed by atoms with Crippen LogP contribution in [0.5, 0.6) is 0 Å². The number of nitrogens with two attached hydrogens (primary N) is 1. The van der Waals surface area contributed by atoms with Gasteiger partial charge in [0.1, 0.15) is 0 Å². The van der Waals surface area contributed by atoms with E-state index in [1.807, 2.05) is 17.0 Å². The van der Waals surface area contributed by atoms with Gasteiger partial charge >= 0.3 is 0 Å². The molecule has 1 fully saturated rings. The van der Waals surface area contributed by atoms with Crippen LogP contribution in [-0.2, 0) is 16.0 Å². The van der Waals surface area contributed by atoms with E-state index in [1.54, 1.807) is 12.4 Å². The van der Waals surface area contributed by atoms with Crippen molar-refractivity contribution in [3.8, 4) is 0 Å². The molecule has 2 heterocycles. The van der Waals surface area contributed by atoms with Crippen molar-refractivity contribution in [1.29, 1.82) is 0 Å². The molecule has 1 atom stereocenters. The third-order valence-corrected chi connectivity index (χ3v) is 3.17. The largest absolute Gasteiger partial charge is 0.377 e. The molecule has 1 unspecified atom stereocenters. The Morgan fingerprint density at radius 2 is 2.50 bits per heavy atom. The van der Waals surface area contributed by atoms with Gasteiger partial charge in [0.15, 0.2) is 0 Å². The summed E-state index contributed by atoms with van der Waals surface area (Å²) in [6.45, 7) is 2.26. The molecule has 1 aliphatic heterocycles. The van der Waals surface area contributed by atoms with E-state index in [0.717, 1.165) is 12.0 Å². The van der Waals surface area contributed by atoms with Gasteiger partial charge in [-0.15, -0.1) is 0 Å². The zero-order valence-corrected chi connectivity index (χ0v) is 10.4. The van der Waals surface area contributed by atoms with Crippen molar-refractivity contribution in [3.05, 3.63) is 30.1 Å². The van der Waals surface area contributed by atoms with Crippen molar-refractivity contribution < 1.29 is 9.53 Å². The molecule has 1 amide bonds. The van der Waals surface area contributed by atoms with Crippen molar-refractivity contribution in [3.63, 3.8) is 0 Å². The molecule has 2 rings (SSSR count). The van der Waals surface area contributed by atoms with E-state index in [0.29, 0.717) is 32.7 Å². The van der Waals surface area contributed by atoms with Gasteiger partial charge in [0.25, 0.3) is 0 Å². The quantitative estimate of drug-likeness (QED) is 0.827. The maximum absolute atomic E-state index is 12.1. The number of carbonyl (C=O) groups is 1. The van der Waals surface area contributed by atoms with Crippen LogP contribution in [0.4, 0.5) is 0 Å².